The first-order valence-corrected chi connectivity index (χ1v) is 13.9. The number of halogens is 1. The summed E-state index contributed by atoms with van der Waals surface area (Å²) in [6.07, 6.45) is 0. The fourth-order valence-electron chi connectivity index (χ4n) is 3.56. The van der Waals surface area contributed by atoms with Gasteiger partial charge in [-0.2, -0.15) is 4.31 Å². The highest BCUT2D eigenvalue weighted by molar-refractivity contribution is 9.10. The molecular weight excluding hydrogens is 564 g/mol. The normalized spacial score (nSPS) is 11.6. The van der Waals surface area contributed by atoms with Crippen LogP contribution in [0, 0.1) is 6.92 Å². The van der Waals surface area contributed by atoms with Gasteiger partial charge in [0.25, 0.3) is 0 Å². The fraction of sp³-hybridized carbons (Fsp3) is 0.154. The lowest BCUT2D eigenvalue weighted by Gasteiger charge is -2.22. The number of nitrogens with zero attached hydrogens (tertiary/aromatic N) is 1. The lowest BCUT2D eigenvalue weighted by atomic mass is 10.2. The number of fused-ring (bicyclic) bond motifs is 1. The van der Waals surface area contributed by atoms with Gasteiger partial charge in [-0.3, -0.25) is 4.79 Å². The van der Waals surface area contributed by atoms with Crippen LogP contribution in [0.4, 0.5) is 5.69 Å². The van der Waals surface area contributed by atoms with Crippen molar-refractivity contribution in [1.82, 2.24) is 4.31 Å². The summed E-state index contributed by atoms with van der Waals surface area (Å²) in [4.78, 5) is 25.4. The Labute approximate surface area is 221 Å². The molecule has 1 amide bonds. The molecule has 4 rings (SSSR count). The molecule has 36 heavy (non-hydrogen) atoms. The number of amides is 1. The average Bonchev–Trinajstić information content (AvgIpc) is 3.28. The predicted octanol–water partition coefficient (Wildman–Crippen LogP) is 5.59. The molecule has 0 bridgehead atoms. The fourth-order valence-corrected chi connectivity index (χ4v) is 6.17. The van der Waals surface area contributed by atoms with Crippen LogP contribution in [-0.4, -0.2) is 38.3 Å². The number of hydrogen-bond acceptors (Lipinski definition) is 6. The van der Waals surface area contributed by atoms with Crippen LogP contribution in [0.25, 0.3) is 10.1 Å². The van der Waals surface area contributed by atoms with Crippen LogP contribution in [0.1, 0.15) is 20.8 Å². The molecule has 0 saturated carbocycles. The van der Waals surface area contributed by atoms with Crippen molar-refractivity contribution in [3.05, 3.63) is 93.3 Å². The van der Waals surface area contributed by atoms with Crippen LogP contribution in [0.2, 0.25) is 0 Å². The van der Waals surface area contributed by atoms with Gasteiger partial charge in [0.15, 0.2) is 0 Å². The van der Waals surface area contributed by atoms with Crippen molar-refractivity contribution >= 4 is 64.9 Å². The SMILES string of the molecule is COC(=O)c1cc2cc(NC(=O)CN(Cc3ccc(Br)cc3)S(=O)(=O)c3ccc(C)cc3)ccc2s1. The average molecular weight is 588 g/mol. The molecule has 10 heteroatoms. The zero-order valence-corrected chi connectivity index (χ0v) is 22.7. The second kappa shape index (κ2) is 10.9. The van der Waals surface area contributed by atoms with Gasteiger partial charge < -0.3 is 10.1 Å². The second-order valence-corrected chi connectivity index (χ2v) is 12.1. The van der Waals surface area contributed by atoms with E-state index < -0.39 is 21.9 Å². The van der Waals surface area contributed by atoms with Crippen molar-refractivity contribution < 1.29 is 22.7 Å². The van der Waals surface area contributed by atoms with Gasteiger partial charge in [-0.1, -0.05) is 45.8 Å². The monoisotopic (exact) mass is 586 g/mol. The zero-order valence-electron chi connectivity index (χ0n) is 19.5. The van der Waals surface area contributed by atoms with Crippen molar-refractivity contribution in [2.45, 2.75) is 18.4 Å². The third kappa shape index (κ3) is 6.01. The predicted molar refractivity (Wildman–Crippen MR) is 145 cm³/mol. The lowest BCUT2D eigenvalue weighted by Crippen LogP contribution is -2.37. The Balaban J connectivity index is 1.57. The van der Waals surface area contributed by atoms with Gasteiger partial charge in [-0.25, -0.2) is 13.2 Å². The maximum atomic E-state index is 13.5. The Morgan fingerprint density at radius 3 is 2.36 bits per heavy atom. The number of hydrogen-bond donors (Lipinski definition) is 1. The van der Waals surface area contributed by atoms with Crippen molar-refractivity contribution in [2.75, 3.05) is 19.0 Å². The summed E-state index contributed by atoms with van der Waals surface area (Å²) in [7, 11) is -2.62. The summed E-state index contributed by atoms with van der Waals surface area (Å²) in [5, 5.41) is 3.56. The molecule has 0 unspecified atom stereocenters. The van der Waals surface area contributed by atoms with E-state index in [1.165, 1.54) is 18.4 Å². The largest absolute Gasteiger partial charge is 0.465 e. The number of thiophene rings is 1. The second-order valence-electron chi connectivity index (χ2n) is 8.12. The Morgan fingerprint density at radius 1 is 1.00 bits per heavy atom. The minimum Gasteiger partial charge on any atom is -0.465 e. The molecule has 0 aliphatic carbocycles. The van der Waals surface area contributed by atoms with Crippen molar-refractivity contribution in [3.8, 4) is 0 Å². The van der Waals surface area contributed by atoms with Crippen LogP contribution in [-0.2, 0) is 26.1 Å². The number of sulfonamides is 1. The molecule has 4 aromatic rings. The highest BCUT2D eigenvalue weighted by atomic mass is 79.9. The number of nitrogens with one attached hydrogen (secondary N) is 1. The van der Waals surface area contributed by atoms with E-state index in [4.69, 9.17) is 4.74 Å². The van der Waals surface area contributed by atoms with E-state index in [-0.39, 0.29) is 18.0 Å². The Kier molecular flexibility index (Phi) is 7.89. The van der Waals surface area contributed by atoms with E-state index >= 15 is 0 Å². The Hall–Kier alpha value is -3.05. The Bertz CT molecular complexity index is 1510. The number of carbonyl (C=O) groups excluding carboxylic acids is 2. The van der Waals surface area contributed by atoms with E-state index in [0.717, 1.165) is 30.0 Å². The van der Waals surface area contributed by atoms with E-state index in [0.29, 0.717) is 10.6 Å². The van der Waals surface area contributed by atoms with Gasteiger partial charge in [0.05, 0.1) is 18.6 Å². The van der Waals surface area contributed by atoms with E-state index in [9.17, 15) is 18.0 Å². The molecule has 3 aromatic carbocycles. The molecule has 0 radical (unpaired) electrons. The number of benzene rings is 3. The first-order chi connectivity index (χ1) is 17.2. The highest BCUT2D eigenvalue weighted by Crippen LogP contribution is 2.29. The molecule has 7 nitrogen and oxygen atoms in total. The summed E-state index contributed by atoms with van der Waals surface area (Å²) in [6.45, 7) is 1.53. The van der Waals surface area contributed by atoms with Gasteiger partial charge in [-0.05, 0) is 66.4 Å². The van der Waals surface area contributed by atoms with Gasteiger partial charge in [-0.15, -0.1) is 11.3 Å². The van der Waals surface area contributed by atoms with Crippen molar-refractivity contribution in [3.63, 3.8) is 0 Å². The molecule has 0 saturated heterocycles. The summed E-state index contributed by atoms with van der Waals surface area (Å²) in [5.74, 6) is -0.905. The first kappa shape index (κ1) is 26.0. The molecular formula is C26H23BrN2O5S2. The molecule has 0 aliphatic heterocycles. The minimum absolute atomic E-state index is 0.0307. The maximum Gasteiger partial charge on any atom is 0.348 e. The third-order valence-electron chi connectivity index (χ3n) is 5.44. The van der Waals surface area contributed by atoms with Crippen LogP contribution >= 0.6 is 27.3 Å². The van der Waals surface area contributed by atoms with Gasteiger partial charge in [0.2, 0.25) is 15.9 Å². The van der Waals surface area contributed by atoms with E-state index in [1.807, 2.05) is 31.2 Å². The number of aryl methyl sites for hydroxylation is 1. The topological polar surface area (TPSA) is 92.8 Å². The molecule has 186 valence electrons. The maximum absolute atomic E-state index is 13.5. The quantitative estimate of drug-likeness (QED) is 0.272. The molecule has 0 fully saturated rings. The standard InChI is InChI=1S/C26H23BrN2O5S2/c1-17-3-10-22(11-4-17)36(32,33)29(15-18-5-7-20(27)8-6-18)16-25(30)28-21-9-12-23-19(13-21)14-24(35-23)26(31)34-2/h3-14H,15-16H2,1-2H3,(H,28,30). The molecule has 1 heterocycles. The first-order valence-electron chi connectivity index (χ1n) is 10.9. The zero-order chi connectivity index (χ0) is 25.9. The lowest BCUT2D eigenvalue weighted by molar-refractivity contribution is -0.116. The molecule has 0 atom stereocenters. The summed E-state index contributed by atoms with van der Waals surface area (Å²) >= 11 is 4.68. The van der Waals surface area contributed by atoms with E-state index in [2.05, 4.69) is 21.2 Å². The summed E-state index contributed by atoms with van der Waals surface area (Å²) < 4.78 is 34.6. The van der Waals surface area contributed by atoms with Crippen LogP contribution in [0.15, 0.2) is 82.2 Å². The molecule has 1 N–H and O–H groups in total. The highest BCUT2D eigenvalue weighted by Gasteiger charge is 2.27. The molecule has 1 aromatic heterocycles. The number of methoxy groups -OCH3 is 1. The van der Waals surface area contributed by atoms with Crippen LogP contribution < -0.4 is 5.32 Å². The number of ether oxygens (including phenoxy) is 1. The van der Waals surface area contributed by atoms with Crippen LogP contribution in [0.3, 0.4) is 0 Å². The Morgan fingerprint density at radius 2 is 1.69 bits per heavy atom. The number of anilines is 1. The molecule has 0 aliphatic rings. The van der Waals surface area contributed by atoms with E-state index in [1.54, 1.807) is 48.5 Å². The summed E-state index contributed by atoms with van der Waals surface area (Å²) in [5.41, 5.74) is 2.18. The van der Waals surface area contributed by atoms with Crippen molar-refractivity contribution in [1.29, 1.82) is 0 Å². The number of rotatable bonds is 8. The molecule has 0 spiro atoms. The van der Waals surface area contributed by atoms with Gasteiger partial charge >= 0.3 is 5.97 Å². The van der Waals surface area contributed by atoms with Gasteiger partial charge in [0.1, 0.15) is 4.88 Å². The van der Waals surface area contributed by atoms with Crippen LogP contribution in [0.5, 0.6) is 0 Å². The number of carbonyl (C=O) groups is 2. The van der Waals surface area contributed by atoms with Crippen molar-refractivity contribution in [2.24, 2.45) is 0 Å². The number of esters is 1. The summed E-state index contributed by atoms with van der Waals surface area (Å²) in [6, 6.07) is 20.7. The van der Waals surface area contributed by atoms with Gasteiger partial charge in [0, 0.05) is 21.4 Å². The third-order valence-corrected chi connectivity index (χ3v) is 8.87. The smallest absolute Gasteiger partial charge is 0.348 e. The minimum atomic E-state index is -3.95.